The molecule has 1 N–H and O–H groups in total. The van der Waals surface area contributed by atoms with Crippen molar-refractivity contribution in [3.63, 3.8) is 0 Å². The third-order valence-electron chi connectivity index (χ3n) is 2.16. The topological polar surface area (TPSA) is 29.1 Å². The summed E-state index contributed by atoms with van der Waals surface area (Å²) in [4.78, 5) is 11.3. The molecule has 1 rings (SSSR count). The Morgan fingerprint density at radius 1 is 1.41 bits per heavy atom. The van der Waals surface area contributed by atoms with Gasteiger partial charge in [0.1, 0.15) is 0 Å². The predicted molar refractivity (Wildman–Crippen MR) is 63.2 cm³/mol. The Kier molecular flexibility index (Phi) is 4.56. The van der Waals surface area contributed by atoms with Gasteiger partial charge in [0.2, 0.25) is 5.91 Å². The first-order valence-electron chi connectivity index (χ1n) is 4.88. The highest BCUT2D eigenvalue weighted by molar-refractivity contribution is 9.09. The Hall–Kier alpha value is -1.04. The van der Waals surface area contributed by atoms with Gasteiger partial charge in [-0.1, -0.05) is 22.0 Å². The lowest BCUT2D eigenvalue weighted by atomic mass is 10.1. The van der Waals surface area contributed by atoms with Crippen molar-refractivity contribution in [2.24, 2.45) is 0 Å². The number of nitrogens with one attached hydrogen (secondary N) is 1. The smallest absolute Gasteiger partial charge is 0.326 e. The maximum Gasteiger partial charge on any atom is 0.416 e. The van der Waals surface area contributed by atoms with Crippen molar-refractivity contribution in [1.29, 1.82) is 0 Å². The van der Waals surface area contributed by atoms with Gasteiger partial charge in [-0.15, -0.1) is 0 Å². The molecule has 0 fully saturated rings. The van der Waals surface area contributed by atoms with Gasteiger partial charge in [-0.3, -0.25) is 4.79 Å². The highest BCUT2D eigenvalue weighted by atomic mass is 79.9. The van der Waals surface area contributed by atoms with E-state index in [1.807, 2.05) is 0 Å². The quantitative estimate of drug-likeness (QED) is 0.847. The van der Waals surface area contributed by atoms with E-state index in [-0.39, 0.29) is 18.0 Å². The molecule has 0 aromatic heterocycles. The fourth-order valence-corrected chi connectivity index (χ4v) is 1.59. The molecule has 2 nitrogen and oxygen atoms in total. The highest BCUT2D eigenvalue weighted by Crippen LogP contribution is 2.32. The summed E-state index contributed by atoms with van der Waals surface area (Å²) in [5.41, 5.74) is 0.0314. The number of halogens is 4. The molecule has 0 bridgehead atoms. The maximum absolute atomic E-state index is 12.5. The van der Waals surface area contributed by atoms with E-state index < -0.39 is 11.7 Å². The Morgan fingerprint density at radius 3 is 2.59 bits per heavy atom. The first-order chi connectivity index (χ1) is 7.84. The Bertz CT molecular complexity index is 418. The summed E-state index contributed by atoms with van der Waals surface area (Å²) in [6.45, 7) is 1.64. The van der Waals surface area contributed by atoms with Crippen LogP contribution in [0, 0.1) is 6.92 Å². The zero-order valence-corrected chi connectivity index (χ0v) is 10.7. The molecule has 0 aliphatic rings. The second-order valence-electron chi connectivity index (χ2n) is 3.51. The molecular weight excluding hydrogens is 299 g/mol. The molecule has 0 aliphatic carbocycles. The van der Waals surface area contributed by atoms with Crippen LogP contribution in [0.4, 0.5) is 18.9 Å². The fraction of sp³-hybridized carbons (Fsp3) is 0.364. The van der Waals surface area contributed by atoms with Gasteiger partial charge in [-0.25, -0.2) is 0 Å². The minimum atomic E-state index is -4.40. The third kappa shape index (κ3) is 4.03. The summed E-state index contributed by atoms with van der Waals surface area (Å²) in [5, 5.41) is 2.92. The van der Waals surface area contributed by atoms with Crippen molar-refractivity contribution in [1.82, 2.24) is 0 Å². The van der Waals surface area contributed by atoms with E-state index in [2.05, 4.69) is 21.2 Å². The van der Waals surface area contributed by atoms with Crippen LogP contribution in [0.1, 0.15) is 17.5 Å². The van der Waals surface area contributed by atoms with Gasteiger partial charge >= 0.3 is 6.18 Å². The van der Waals surface area contributed by atoms with Crippen LogP contribution in [-0.2, 0) is 11.0 Å². The number of amides is 1. The molecule has 0 heterocycles. The average Bonchev–Trinajstić information content (AvgIpc) is 2.20. The predicted octanol–water partition coefficient (Wildman–Crippen LogP) is 3.74. The van der Waals surface area contributed by atoms with Crippen LogP contribution in [-0.4, -0.2) is 11.2 Å². The van der Waals surface area contributed by atoms with Crippen molar-refractivity contribution in [2.75, 3.05) is 10.6 Å². The van der Waals surface area contributed by atoms with Crippen LogP contribution < -0.4 is 5.32 Å². The van der Waals surface area contributed by atoms with E-state index in [0.717, 1.165) is 12.1 Å². The summed E-state index contributed by atoms with van der Waals surface area (Å²) >= 11 is 3.09. The van der Waals surface area contributed by atoms with Gasteiger partial charge in [0.05, 0.1) is 5.56 Å². The van der Waals surface area contributed by atoms with Gasteiger partial charge in [0.15, 0.2) is 0 Å². The molecule has 0 atom stereocenters. The first kappa shape index (κ1) is 14.0. The van der Waals surface area contributed by atoms with Crippen molar-refractivity contribution >= 4 is 27.5 Å². The number of carbonyl (C=O) groups is 1. The van der Waals surface area contributed by atoms with E-state index in [4.69, 9.17) is 0 Å². The lowest BCUT2D eigenvalue weighted by molar-refractivity contribution is -0.137. The van der Waals surface area contributed by atoms with Crippen molar-refractivity contribution in [2.45, 2.75) is 19.5 Å². The van der Waals surface area contributed by atoms with Gasteiger partial charge in [0.25, 0.3) is 0 Å². The van der Waals surface area contributed by atoms with E-state index in [0.29, 0.717) is 10.9 Å². The van der Waals surface area contributed by atoms with E-state index >= 15 is 0 Å². The van der Waals surface area contributed by atoms with Crippen LogP contribution >= 0.6 is 15.9 Å². The van der Waals surface area contributed by atoms with Gasteiger partial charge in [-0.2, -0.15) is 13.2 Å². The van der Waals surface area contributed by atoms with Crippen LogP contribution in [0.15, 0.2) is 18.2 Å². The Labute approximate surface area is 105 Å². The summed E-state index contributed by atoms with van der Waals surface area (Å²) in [5.74, 6) is -0.315. The summed E-state index contributed by atoms with van der Waals surface area (Å²) in [6.07, 6.45) is -4.18. The molecule has 0 radical (unpaired) electrons. The molecule has 0 unspecified atom stereocenters. The molecule has 17 heavy (non-hydrogen) atoms. The number of rotatable bonds is 3. The highest BCUT2D eigenvalue weighted by Gasteiger charge is 2.30. The molecule has 0 saturated heterocycles. The molecule has 0 aliphatic heterocycles. The molecule has 1 aromatic carbocycles. The number of benzene rings is 1. The van der Waals surface area contributed by atoms with Crippen LogP contribution in [0.25, 0.3) is 0 Å². The molecular formula is C11H11BrF3NO. The third-order valence-corrected chi connectivity index (χ3v) is 2.56. The zero-order valence-electron chi connectivity index (χ0n) is 9.07. The number of hydrogen-bond donors (Lipinski definition) is 1. The lowest BCUT2D eigenvalue weighted by Gasteiger charge is -2.12. The van der Waals surface area contributed by atoms with Crippen LogP contribution in [0.3, 0.4) is 0 Å². The van der Waals surface area contributed by atoms with E-state index in [9.17, 15) is 18.0 Å². The normalized spacial score (nSPS) is 11.4. The second-order valence-corrected chi connectivity index (χ2v) is 4.31. The molecule has 6 heteroatoms. The molecule has 0 saturated carbocycles. The Morgan fingerprint density at radius 2 is 2.06 bits per heavy atom. The fourth-order valence-electron chi connectivity index (χ4n) is 1.23. The van der Waals surface area contributed by atoms with Crippen molar-refractivity contribution in [3.05, 3.63) is 29.3 Å². The van der Waals surface area contributed by atoms with Gasteiger partial charge in [-0.05, 0) is 24.6 Å². The molecule has 94 valence electrons. The van der Waals surface area contributed by atoms with E-state index in [1.54, 1.807) is 6.92 Å². The van der Waals surface area contributed by atoms with Gasteiger partial charge in [0, 0.05) is 17.4 Å². The minimum absolute atomic E-state index is 0.200. The number of carbonyl (C=O) groups excluding carboxylic acids is 1. The second kappa shape index (κ2) is 5.53. The molecule has 1 amide bonds. The summed E-state index contributed by atoms with van der Waals surface area (Å²) in [6, 6.07) is 3.28. The Balaban J connectivity index is 2.95. The number of hydrogen-bond acceptors (Lipinski definition) is 1. The molecule has 0 spiro atoms. The van der Waals surface area contributed by atoms with Crippen LogP contribution in [0.5, 0.6) is 0 Å². The molecule has 1 aromatic rings. The minimum Gasteiger partial charge on any atom is -0.326 e. The zero-order chi connectivity index (χ0) is 13.1. The first-order valence-corrected chi connectivity index (χ1v) is 6.00. The maximum atomic E-state index is 12.5. The largest absolute Gasteiger partial charge is 0.416 e. The monoisotopic (exact) mass is 309 g/mol. The standard InChI is InChI=1S/C11H11BrF3NO/c1-7-2-3-8(11(13,14)15)6-9(7)16-10(17)4-5-12/h2-3,6H,4-5H2,1H3,(H,16,17). The summed E-state index contributed by atoms with van der Waals surface area (Å²) < 4.78 is 37.4. The number of aryl methyl sites for hydroxylation is 1. The number of alkyl halides is 4. The lowest BCUT2D eigenvalue weighted by Crippen LogP contribution is -2.14. The van der Waals surface area contributed by atoms with Crippen molar-refractivity contribution < 1.29 is 18.0 Å². The van der Waals surface area contributed by atoms with E-state index in [1.165, 1.54) is 6.07 Å². The van der Waals surface area contributed by atoms with Gasteiger partial charge < -0.3 is 5.32 Å². The SMILES string of the molecule is Cc1ccc(C(F)(F)F)cc1NC(=O)CCBr. The number of anilines is 1. The summed E-state index contributed by atoms with van der Waals surface area (Å²) in [7, 11) is 0. The average molecular weight is 310 g/mol. The van der Waals surface area contributed by atoms with Crippen LogP contribution in [0.2, 0.25) is 0 Å². The van der Waals surface area contributed by atoms with Crippen molar-refractivity contribution in [3.8, 4) is 0 Å².